The molecule has 1 N–H and O–H groups in total. The van der Waals surface area contributed by atoms with E-state index in [4.69, 9.17) is 0 Å². The summed E-state index contributed by atoms with van der Waals surface area (Å²) < 4.78 is 0. The van der Waals surface area contributed by atoms with Crippen LogP contribution in [0.15, 0.2) is 48.5 Å². The van der Waals surface area contributed by atoms with Crippen LogP contribution in [-0.4, -0.2) is 16.7 Å². The molecule has 5 heteroatoms. The van der Waals surface area contributed by atoms with Crippen molar-refractivity contribution >= 4 is 17.2 Å². The Bertz CT molecular complexity index is 699. The van der Waals surface area contributed by atoms with Crippen LogP contribution in [0.25, 0.3) is 0 Å². The first-order chi connectivity index (χ1) is 11.0. The number of carbonyl (C=O) groups excluding carboxylic acids is 1. The van der Waals surface area contributed by atoms with Gasteiger partial charge in [-0.1, -0.05) is 30.3 Å². The van der Waals surface area contributed by atoms with Gasteiger partial charge in [-0.15, -0.1) is 0 Å². The third-order valence-electron chi connectivity index (χ3n) is 3.71. The van der Waals surface area contributed by atoms with E-state index in [1.54, 1.807) is 12.1 Å². The summed E-state index contributed by atoms with van der Waals surface area (Å²) in [4.78, 5) is 22.1. The molecule has 1 unspecified atom stereocenters. The average Bonchev–Trinajstić information content (AvgIpc) is 2.54. The predicted molar refractivity (Wildman–Crippen MR) is 90.9 cm³/mol. The fourth-order valence-electron chi connectivity index (χ4n) is 2.39. The normalized spacial score (nSPS) is 11.7. The van der Waals surface area contributed by atoms with Gasteiger partial charge in [0.05, 0.1) is 4.92 Å². The molecule has 2 rings (SSSR count). The van der Waals surface area contributed by atoms with Crippen molar-refractivity contribution in [2.75, 3.05) is 5.32 Å². The van der Waals surface area contributed by atoms with Crippen LogP contribution >= 0.6 is 0 Å². The fourth-order valence-corrected chi connectivity index (χ4v) is 2.39. The first-order valence-corrected chi connectivity index (χ1v) is 7.57. The second-order valence-corrected chi connectivity index (χ2v) is 5.61. The molecular weight excluding hydrogens is 292 g/mol. The van der Waals surface area contributed by atoms with Gasteiger partial charge in [-0.25, -0.2) is 0 Å². The highest BCUT2D eigenvalue weighted by Crippen LogP contribution is 2.27. The predicted octanol–water partition coefficient (Wildman–Crippen LogP) is 4.23. The molecule has 23 heavy (non-hydrogen) atoms. The number of Topliss-reactive ketones (excluding diaryl/α,β-unsaturated/α-hetero) is 1. The third kappa shape index (κ3) is 4.64. The molecule has 0 heterocycles. The molecule has 0 bridgehead atoms. The van der Waals surface area contributed by atoms with E-state index in [9.17, 15) is 14.9 Å². The molecule has 0 amide bonds. The number of anilines is 1. The number of benzene rings is 2. The van der Waals surface area contributed by atoms with E-state index in [-0.39, 0.29) is 17.5 Å². The molecule has 0 aromatic heterocycles. The summed E-state index contributed by atoms with van der Waals surface area (Å²) in [7, 11) is 0. The van der Waals surface area contributed by atoms with E-state index in [0.717, 1.165) is 12.8 Å². The lowest BCUT2D eigenvalue weighted by Gasteiger charge is -2.15. The summed E-state index contributed by atoms with van der Waals surface area (Å²) in [6, 6.07) is 14.7. The number of nitro groups is 1. The maximum absolute atomic E-state index is 11.4. The Morgan fingerprint density at radius 1 is 1.22 bits per heavy atom. The maximum atomic E-state index is 11.4. The highest BCUT2D eigenvalue weighted by molar-refractivity contribution is 5.95. The SMILES string of the molecule is CC(=O)c1ccc(NC(C)CCc2ccccc2)c([N+](=O)[O-])c1. The Morgan fingerprint density at radius 2 is 1.91 bits per heavy atom. The highest BCUT2D eigenvalue weighted by atomic mass is 16.6. The molecule has 0 aliphatic rings. The van der Waals surface area contributed by atoms with Gasteiger partial charge in [0.15, 0.2) is 5.78 Å². The summed E-state index contributed by atoms with van der Waals surface area (Å²) in [6.07, 6.45) is 1.75. The van der Waals surface area contributed by atoms with Crippen molar-refractivity contribution in [2.45, 2.75) is 32.7 Å². The van der Waals surface area contributed by atoms with Crippen LogP contribution in [-0.2, 0) is 6.42 Å². The van der Waals surface area contributed by atoms with Gasteiger partial charge in [0, 0.05) is 17.7 Å². The quantitative estimate of drug-likeness (QED) is 0.472. The van der Waals surface area contributed by atoms with Crippen molar-refractivity contribution in [3.8, 4) is 0 Å². The fraction of sp³-hybridized carbons (Fsp3) is 0.278. The molecule has 120 valence electrons. The zero-order valence-corrected chi connectivity index (χ0v) is 13.3. The van der Waals surface area contributed by atoms with Crippen molar-refractivity contribution in [3.05, 3.63) is 69.8 Å². The summed E-state index contributed by atoms with van der Waals surface area (Å²) in [5.41, 5.74) is 1.96. The molecular formula is C18H20N2O3. The number of nitro benzene ring substituents is 1. The number of hydrogen-bond donors (Lipinski definition) is 1. The van der Waals surface area contributed by atoms with Gasteiger partial charge >= 0.3 is 0 Å². The molecule has 2 aromatic carbocycles. The van der Waals surface area contributed by atoms with E-state index in [1.165, 1.54) is 18.6 Å². The largest absolute Gasteiger partial charge is 0.377 e. The Hall–Kier alpha value is -2.69. The lowest BCUT2D eigenvalue weighted by molar-refractivity contribution is -0.384. The van der Waals surface area contributed by atoms with Crippen LogP contribution in [0, 0.1) is 10.1 Å². The third-order valence-corrected chi connectivity index (χ3v) is 3.71. The average molecular weight is 312 g/mol. The van der Waals surface area contributed by atoms with Crippen molar-refractivity contribution in [2.24, 2.45) is 0 Å². The number of hydrogen-bond acceptors (Lipinski definition) is 4. The topological polar surface area (TPSA) is 72.2 Å². The molecule has 0 spiro atoms. The number of nitrogens with zero attached hydrogens (tertiary/aromatic N) is 1. The Kier molecular flexibility index (Phi) is 5.46. The first kappa shape index (κ1) is 16.7. The minimum absolute atomic E-state index is 0.0655. The number of ketones is 1. The second-order valence-electron chi connectivity index (χ2n) is 5.61. The van der Waals surface area contributed by atoms with Gasteiger partial charge in [0.25, 0.3) is 5.69 Å². The molecule has 0 aliphatic heterocycles. The van der Waals surface area contributed by atoms with Crippen molar-refractivity contribution in [1.82, 2.24) is 0 Å². The molecule has 0 fully saturated rings. The number of nitrogens with one attached hydrogen (secondary N) is 1. The van der Waals surface area contributed by atoms with Crippen LogP contribution in [0.5, 0.6) is 0 Å². The van der Waals surface area contributed by atoms with Gasteiger partial charge in [-0.05, 0) is 44.4 Å². The Morgan fingerprint density at radius 3 is 2.52 bits per heavy atom. The molecule has 0 saturated carbocycles. The monoisotopic (exact) mass is 312 g/mol. The van der Waals surface area contributed by atoms with Gasteiger partial charge in [-0.3, -0.25) is 14.9 Å². The van der Waals surface area contributed by atoms with E-state index in [0.29, 0.717) is 11.3 Å². The van der Waals surface area contributed by atoms with E-state index < -0.39 is 4.92 Å². The summed E-state index contributed by atoms with van der Waals surface area (Å²) in [5, 5.41) is 14.4. The first-order valence-electron chi connectivity index (χ1n) is 7.57. The number of carbonyl (C=O) groups is 1. The van der Waals surface area contributed by atoms with Crippen LogP contribution in [0.2, 0.25) is 0 Å². The minimum Gasteiger partial charge on any atom is -0.377 e. The van der Waals surface area contributed by atoms with Gasteiger partial charge < -0.3 is 5.32 Å². The Balaban J connectivity index is 2.06. The second kappa shape index (κ2) is 7.54. The molecule has 2 aromatic rings. The number of rotatable bonds is 7. The zero-order chi connectivity index (χ0) is 16.8. The summed E-state index contributed by atoms with van der Waals surface area (Å²) >= 11 is 0. The molecule has 0 saturated heterocycles. The van der Waals surface area contributed by atoms with Gasteiger partial charge in [0.1, 0.15) is 5.69 Å². The van der Waals surface area contributed by atoms with Gasteiger partial charge in [-0.2, -0.15) is 0 Å². The van der Waals surface area contributed by atoms with Gasteiger partial charge in [0.2, 0.25) is 0 Å². The van der Waals surface area contributed by atoms with Crippen molar-refractivity contribution in [1.29, 1.82) is 0 Å². The summed E-state index contributed by atoms with van der Waals surface area (Å²) in [5.74, 6) is -0.184. The van der Waals surface area contributed by atoms with E-state index in [2.05, 4.69) is 17.4 Å². The van der Waals surface area contributed by atoms with Crippen LogP contribution in [0.3, 0.4) is 0 Å². The lowest BCUT2D eigenvalue weighted by Crippen LogP contribution is -2.17. The molecule has 5 nitrogen and oxygen atoms in total. The standard InChI is InChI=1S/C18H20N2O3/c1-13(8-9-15-6-4-3-5-7-15)19-17-11-10-16(14(2)21)12-18(17)20(22)23/h3-7,10-13,19H,8-9H2,1-2H3. The number of aryl methyl sites for hydroxylation is 1. The zero-order valence-electron chi connectivity index (χ0n) is 13.3. The maximum Gasteiger partial charge on any atom is 0.293 e. The molecule has 1 atom stereocenters. The Labute approximate surface area is 135 Å². The molecule has 0 aliphatic carbocycles. The minimum atomic E-state index is -0.460. The smallest absolute Gasteiger partial charge is 0.293 e. The van der Waals surface area contributed by atoms with Crippen molar-refractivity contribution in [3.63, 3.8) is 0 Å². The summed E-state index contributed by atoms with van der Waals surface area (Å²) in [6.45, 7) is 3.39. The lowest BCUT2D eigenvalue weighted by atomic mass is 10.1. The molecule has 0 radical (unpaired) electrons. The van der Waals surface area contributed by atoms with Crippen LogP contribution < -0.4 is 5.32 Å². The highest BCUT2D eigenvalue weighted by Gasteiger charge is 2.17. The van der Waals surface area contributed by atoms with E-state index >= 15 is 0 Å². The van der Waals surface area contributed by atoms with Crippen LogP contribution in [0.1, 0.15) is 36.2 Å². The van der Waals surface area contributed by atoms with E-state index in [1.807, 2.05) is 25.1 Å². The van der Waals surface area contributed by atoms with Crippen LogP contribution in [0.4, 0.5) is 11.4 Å². The van der Waals surface area contributed by atoms with Crippen molar-refractivity contribution < 1.29 is 9.72 Å².